The Bertz CT molecular complexity index is 784. The minimum Gasteiger partial charge on any atom is -0.461 e. The third-order valence-corrected chi connectivity index (χ3v) is 5.93. The van der Waals surface area contributed by atoms with Gasteiger partial charge in [0.05, 0.1) is 9.81 Å². The van der Waals surface area contributed by atoms with Crippen molar-refractivity contribution in [3.63, 3.8) is 0 Å². The van der Waals surface area contributed by atoms with Gasteiger partial charge in [0, 0.05) is 4.83 Å². The molecule has 2 aromatic carbocycles. The number of para-hydroxylation sites is 1. The van der Waals surface area contributed by atoms with E-state index in [-0.39, 0.29) is 22.8 Å². The first-order valence-electron chi connectivity index (χ1n) is 8.40. The summed E-state index contributed by atoms with van der Waals surface area (Å²) in [6.07, 6.45) is 2.25. The molecule has 0 amide bonds. The van der Waals surface area contributed by atoms with Gasteiger partial charge in [-0.05, 0) is 73.2 Å². The third-order valence-electron chi connectivity index (χ3n) is 3.90. The molecule has 0 aliphatic rings. The van der Waals surface area contributed by atoms with Gasteiger partial charge in [-0.15, -0.1) is 0 Å². The van der Waals surface area contributed by atoms with E-state index < -0.39 is 0 Å². The Labute approximate surface area is 185 Å². The maximum absolute atomic E-state index is 12.3. The van der Waals surface area contributed by atoms with Gasteiger partial charge >= 0.3 is 5.97 Å². The zero-order valence-electron chi connectivity index (χ0n) is 15.1. The highest BCUT2D eigenvalue weighted by molar-refractivity contribution is 9.28. The Morgan fingerprint density at radius 1 is 1.07 bits per heavy atom. The zero-order valence-corrected chi connectivity index (χ0v) is 19.9. The molecular formula is C21H21Br3O3. The van der Waals surface area contributed by atoms with Crippen LogP contribution in [0.3, 0.4) is 0 Å². The number of benzene rings is 2. The van der Waals surface area contributed by atoms with Gasteiger partial charge in [0.2, 0.25) is 0 Å². The molecule has 0 spiro atoms. The second-order valence-corrected chi connectivity index (χ2v) is 10.5. The Hall–Kier alpha value is -1.11. The van der Waals surface area contributed by atoms with Crippen molar-refractivity contribution < 1.29 is 14.3 Å². The van der Waals surface area contributed by atoms with Crippen molar-refractivity contribution in [3.8, 4) is 11.5 Å². The summed E-state index contributed by atoms with van der Waals surface area (Å²) in [5.74, 6) is 1.24. The molecule has 0 fully saturated rings. The minimum absolute atomic E-state index is 0.0221. The summed E-state index contributed by atoms with van der Waals surface area (Å²) in [6.45, 7) is 4.24. The Kier molecular flexibility index (Phi) is 8.58. The van der Waals surface area contributed by atoms with Crippen molar-refractivity contribution >= 4 is 53.8 Å². The Morgan fingerprint density at radius 3 is 2.41 bits per heavy atom. The lowest BCUT2D eigenvalue weighted by molar-refractivity contribution is -0.147. The summed E-state index contributed by atoms with van der Waals surface area (Å²) in [6, 6.07) is 17.1. The van der Waals surface area contributed by atoms with Crippen LogP contribution in [0.2, 0.25) is 0 Å². The molecule has 144 valence electrons. The lowest BCUT2D eigenvalue weighted by Crippen LogP contribution is -2.27. The van der Waals surface area contributed by atoms with Crippen LogP contribution >= 0.6 is 47.8 Å². The summed E-state index contributed by atoms with van der Waals surface area (Å²) in [4.78, 5) is 12.3. The predicted molar refractivity (Wildman–Crippen MR) is 120 cm³/mol. The summed E-state index contributed by atoms with van der Waals surface area (Å²) in [5, 5.41) is 0. The van der Waals surface area contributed by atoms with E-state index in [1.165, 1.54) is 0 Å². The van der Waals surface area contributed by atoms with Crippen LogP contribution in [0.1, 0.15) is 25.8 Å². The number of halogens is 3. The van der Waals surface area contributed by atoms with E-state index in [1.807, 2.05) is 74.5 Å². The van der Waals surface area contributed by atoms with Gasteiger partial charge in [-0.1, -0.05) is 60.1 Å². The molecule has 3 nitrogen and oxygen atoms in total. The topological polar surface area (TPSA) is 35.5 Å². The number of hydrogen-bond acceptors (Lipinski definition) is 3. The van der Waals surface area contributed by atoms with Crippen LogP contribution in [0.25, 0.3) is 0 Å². The maximum atomic E-state index is 12.3. The molecular weight excluding hydrogens is 540 g/mol. The summed E-state index contributed by atoms with van der Waals surface area (Å²) in [5.41, 5.74) is 0.593. The van der Waals surface area contributed by atoms with Gasteiger partial charge in [0.25, 0.3) is 0 Å². The molecule has 0 heterocycles. The highest BCUT2D eigenvalue weighted by Gasteiger charge is 2.29. The number of rotatable bonds is 8. The van der Waals surface area contributed by atoms with Crippen molar-refractivity contribution in [3.05, 3.63) is 69.6 Å². The standard InChI is InChI=1S/C21H21Br3O3/c1-21(2,18(22)12-19(23)24)13-20(25)26-14-15-7-6-10-17(11-15)27-16-8-4-3-5-9-16/h3-12,18H,13-14H2,1-2H3. The van der Waals surface area contributed by atoms with Crippen molar-refractivity contribution in [2.75, 3.05) is 0 Å². The van der Waals surface area contributed by atoms with Gasteiger partial charge in [0.15, 0.2) is 0 Å². The van der Waals surface area contributed by atoms with E-state index in [1.54, 1.807) is 0 Å². The Morgan fingerprint density at radius 2 is 1.74 bits per heavy atom. The number of ether oxygens (including phenoxy) is 2. The number of allylic oxidation sites excluding steroid dienone is 1. The molecule has 27 heavy (non-hydrogen) atoms. The number of hydrogen-bond donors (Lipinski definition) is 0. The molecule has 2 aromatic rings. The quantitative estimate of drug-likeness (QED) is 0.250. The highest BCUT2D eigenvalue weighted by Crippen LogP contribution is 2.34. The lowest BCUT2D eigenvalue weighted by Gasteiger charge is -2.27. The van der Waals surface area contributed by atoms with E-state index >= 15 is 0 Å². The molecule has 0 saturated carbocycles. The van der Waals surface area contributed by atoms with Crippen LogP contribution in [0.15, 0.2) is 64.1 Å². The predicted octanol–water partition coefficient (Wildman–Crippen LogP) is 7.33. The molecule has 2 rings (SSSR count). The zero-order chi connectivity index (χ0) is 19.9. The van der Waals surface area contributed by atoms with Gasteiger partial charge in [-0.2, -0.15) is 0 Å². The summed E-state index contributed by atoms with van der Waals surface area (Å²) in [7, 11) is 0. The monoisotopic (exact) mass is 558 g/mol. The van der Waals surface area contributed by atoms with E-state index in [0.29, 0.717) is 12.2 Å². The molecule has 0 N–H and O–H groups in total. The fourth-order valence-electron chi connectivity index (χ4n) is 2.34. The molecule has 0 bridgehead atoms. The lowest BCUT2D eigenvalue weighted by atomic mass is 9.86. The van der Waals surface area contributed by atoms with E-state index in [0.717, 1.165) is 14.7 Å². The van der Waals surface area contributed by atoms with Gasteiger partial charge in [-0.3, -0.25) is 4.79 Å². The van der Waals surface area contributed by atoms with Crippen LogP contribution in [0.5, 0.6) is 11.5 Å². The fourth-order valence-corrected chi connectivity index (χ4v) is 4.01. The molecule has 1 atom stereocenters. The number of alkyl halides is 1. The van der Waals surface area contributed by atoms with Crippen molar-refractivity contribution in [2.45, 2.75) is 31.7 Å². The first-order chi connectivity index (χ1) is 12.8. The van der Waals surface area contributed by atoms with Crippen LogP contribution in [0.4, 0.5) is 0 Å². The summed E-state index contributed by atoms with van der Waals surface area (Å²) < 4.78 is 12.1. The Balaban J connectivity index is 1.91. The molecule has 1 unspecified atom stereocenters. The first kappa shape index (κ1) is 22.2. The molecule has 0 aliphatic heterocycles. The third kappa shape index (κ3) is 7.80. The average molecular weight is 561 g/mol. The second-order valence-electron chi connectivity index (χ2n) is 6.75. The van der Waals surface area contributed by atoms with Gasteiger partial charge in [-0.25, -0.2) is 0 Å². The first-order valence-corrected chi connectivity index (χ1v) is 10.9. The fraction of sp³-hybridized carbons (Fsp3) is 0.286. The highest BCUT2D eigenvalue weighted by atomic mass is 79.9. The molecule has 0 radical (unpaired) electrons. The van der Waals surface area contributed by atoms with Gasteiger partial charge < -0.3 is 9.47 Å². The largest absolute Gasteiger partial charge is 0.461 e. The smallest absolute Gasteiger partial charge is 0.306 e. The van der Waals surface area contributed by atoms with Crippen molar-refractivity contribution in [1.29, 1.82) is 0 Å². The van der Waals surface area contributed by atoms with E-state index in [4.69, 9.17) is 9.47 Å². The van der Waals surface area contributed by atoms with Crippen LogP contribution in [-0.4, -0.2) is 10.8 Å². The molecule has 6 heteroatoms. The average Bonchev–Trinajstić information content (AvgIpc) is 2.60. The van der Waals surface area contributed by atoms with Crippen molar-refractivity contribution in [2.24, 2.45) is 5.41 Å². The molecule has 0 saturated heterocycles. The van der Waals surface area contributed by atoms with E-state index in [2.05, 4.69) is 47.8 Å². The number of carbonyl (C=O) groups is 1. The van der Waals surface area contributed by atoms with Crippen LogP contribution in [0, 0.1) is 5.41 Å². The number of esters is 1. The van der Waals surface area contributed by atoms with Crippen LogP contribution < -0.4 is 4.74 Å². The maximum Gasteiger partial charge on any atom is 0.306 e. The minimum atomic E-state index is -0.290. The van der Waals surface area contributed by atoms with Gasteiger partial charge in [0.1, 0.15) is 18.1 Å². The van der Waals surface area contributed by atoms with Crippen molar-refractivity contribution in [1.82, 2.24) is 0 Å². The molecule has 0 aromatic heterocycles. The second kappa shape index (κ2) is 10.4. The summed E-state index contributed by atoms with van der Waals surface area (Å²) >= 11 is 10.3. The molecule has 0 aliphatic carbocycles. The van der Waals surface area contributed by atoms with Crippen LogP contribution in [-0.2, 0) is 16.1 Å². The SMILES string of the molecule is CC(C)(CC(=O)OCc1cccc(Oc2ccccc2)c1)C(Br)C=C(Br)Br. The number of carbonyl (C=O) groups excluding carboxylic acids is 1. The van der Waals surface area contributed by atoms with E-state index in [9.17, 15) is 4.79 Å². The normalized spacial score (nSPS) is 12.2.